The Balaban J connectivity index is 1.88. The van der Waals surface area contributed by atoms with Crippen molar-refractivity contribution in [1.82, 2.24) is 4.98 Å². The molecule has 1 heterocycles. The van der Waals surface area contributed by atoms with Gasteiger partial charge in [0, 0.05) is 24.1 Å². The largest absolute Gasteiger partial charge is 0.351 e. The highest BCUT2D eigenvalue weighted by atomic mass is 19.1. The molecule has 0 aliphatic rings. The number of pyridine rings is 1. The second-order valence-corrected chi connectivity index (χ2v) is 5.54. The van der Waals surface area contributed by atoms with Crippen LogP contribution in [0.25, 0.3) is 0 Å². The van der Waals surface area contributed by atoms with Gasteiger partial charge in [0.1, 0.15) is 23.0 Å². The highest BCUT2D eigenvalue weighted by Gasteiger charge is 2.18. The Morgan fingerprint density at radius 3 is 2.38 bits per heavy atom. The number of carbonyl (C=O) groups excluding carboxylic acids is 1. The van der Waals surface area contributed by atoms with Gasteiger partial charge in [-0.2, -0.15) is 0 Å². The summed E-state index contributed by atoms with van der Waals surface area (Å²) in [4.78, 5) is 18.5. The lowest BCUT2D eigenvalue weighted by Crippen LogP contribution is -2.31. The van der Waals surface area contributed by atoms with E-state index >= 15 is 0 Å². The molecule has 0 atom stereocenters. The minimum atomic E-state index is -0.714. The molecule has 0 unspecified atom stereocenters. The van der Waals surface area contributed by atoms with E-state index in [9.17, 15) is 13.6 Å². The summed E-state index contributed by atoms with van der Waals surface area (Å²) in [5, 5.41) is 2.67. The molecular formula is C20H17F2N3O. The second kappa shape index (κ2) is 7.74. The maximum atomic E-state index is 13.8. The molecule has 3 aromatic rings. The molecule has 0 radical (unpaired) electrons. The van der Waals surface area contributed by atoms with Crippen LogP contribution in [0.3, 0.4) is 0 Å². The Hall–Kier alpha value is -3.28. The number of carbonyl (C=O) groups is 1. The summed E-state index contributed by atoms with van der Waals surface area (Å²) in [6, 6.07) is 15.8. The highest BCUT2D eigenvalue weighted by Crippen LogP contribution is 2.24. The first-order valence-electron chi connectivity index (χ1n) is 8.14. The molecule has 0 aliphatic carbocycles. The van der Waals surface area contributed by atoms with Gasteiger partial charge in [-0.15, -0.1) is 0 Å². The molecule has 0 saturated carbocycles. The summed E-state index contributed by atoms with van der Waals surface area (Å²) >= 11 is 0. The number of anilines is 3. The Kier molecular flexibility index (Phi) is 5.22. The van der Waals surface area contributed by atoms with Crippen LogP contribution in [0.4, 0.5) is 25.8 Å². The number of aromatic nitrogens is 1. The van der Waals surface area contributed by atoms with E-state index in [1.54, 1.807) is 11.0 Å². The predicted molar refractivity (Wildman–Crippen MR) is 97.7 cm³/mol. The van der Waals surface area contributed by atoms with Crippen molar-refractivity contribution < 1.29 is 13.6 Å². The predicted octanol–water partition coefficient (Wildman–Crippen LogP) is 4.77. The molecule has 0 spiro atoms. The summed E-state index contributed by atoms with van der Waals surface area (Å²) in [6.45, 7) is 2.33. The van der Waals surface area contributed by atoms with Crippen molar-refractivity contribution in [2.45, 2.75) is 6.92 Å². The Morgan fingerprint density at radius 2 is 1.73 bits per heavy atom. The van der Waals surface area contributed by atoms with Gasteiger partial charge in [-0.1, -0.05) is 24.3 Å². The molecule has 6 heteroatoms. The molecule has 3 rings (SSSR count). The molecule has 26 heavy (non-hydrogen) atoms. The molecular weight excluding hydrogens is 336 g/mol. The summed E-state index contributed by atoms with van der Waals surface area (Å²) in [7, 11) is 0. The van der Waals surface area contributed by atoms with E-state index in [2.05, 4.69) is 10.3 Å². The highest BCUT2D eigenvalue weighted by molar-refractivity contribution is 6.05. The van der Waals surface area contributed by atoms with Crippen molar-refractivity contribution in [2.24, 2.45) is 0 Å². The maximum absolute atomic E-state index is 13.8. The van der Waals surface area contributed by atoms with Gasteiger partial charge >= 0.3 is 0 Å². The zero-order valence-corrected chi connectivity index (χ0v) is 14.1. The molecule has 0 bridgehead atoms. The number of hydrogen-bond donors (Lipinski definition) is 1. The van der Waals surface area contributed by atoms with Crippen LogP contribution in [0.1, 0.15) is 17.4 Å². The Bertz CT molecular complexity index is 896. The van der Waals surface area contributed by atoms with Crippen LogP contribution in [0.5, 0.6) is 0 Å². The SMILES string of the molecule is CCN(C(=O)c1cc(Nc2c(F)cccc2F)ccn1)c1ccccc1. The lowest BCUT2D eigenvalue weighted by Gasteiger charge is -2.20. The van der Waals surface area contributed by atoms with Crippen LogP contribution >= 0.6 is 0 Å². The third-order valence-electron chi connectivity index (χ3n) is 3.84. The Labute approximate surface area is 150 Å². The van der Waals surface area contributed by atoms with Gasteiger partial charge < -0.3 is 10.2 Å². The normalized spacial score (nSPS) is 10.4. The van der Waals surface area contributed by atoms with Crippen molar-refractivity contribution in [3.05, 3.63) is 84.2 Å². The van der Waals surface area contributed by atoms with E-state index in [-0.39, 0.29) is 17.3 Å². The van der Waals surface area contributed by atoms with Gasteiger partial charge in [0.25, 0.3) is 5.91 Å². The van der Waals surface area contributed by atoms with Crippen molar-refractivity contribution in [3.8, 4) is 0 Å². The zero-order valence-electron chi connectivity index (χ0n) is 14.1. The van der Waals surface area contributed by atoms with Crippen molar-refractivity contribution in [2.75, 3.05) is 16.8 Å². The van der Waals surface area contributed by atoms with Crippen LogP contribution in [-0.2, 0) is 0 Å². The number of halogens is 2. The summed E-state index contributed by atoms with van der Waals surface area (Å²) in [6.07, 6.45) is 1.42. The maximum Gasteiger partial charge on any atom is 0.276 e. The quantitative estimate of drug-likeness (QED) is 0.719. The third kappa shape index (κ3) is 3.69. The fourth-order valence-electron chi connectivity index (χ4n) is 2.58. The van der Waals surface area contributed by atoms with Gasteiger partial charge in [0.2, 0.25) is 0 Å². The smallest absolute Gasteiger partial charge is 0.276 e. The fourth-order valence-corrected chi connectivity index (χ4v) is 2.58. The fraction of sp³-hybridized carbons (Fsp3) is 0.100. The van der Waals surface area contributed by atoms with Crippen LogP contribution in [0.15, 0.2) is 66.9 Å². The van der Waals surface area contributed by atoms with E-state index < -0.39 is 11.6 Å². The molecule has 132 valence electrons. The standard InChI is InChI=1S/C20H17F2N3O/c1-2-25(15-7-4-3-5-8-15)20(26)18-13-14(11-12-23-18)24-19-16(21)9-6-10-17(19)22/h3-13H,2H2,1H3,(H,23,24). The first-order chi connectivity index (χ1) is 12.6. The number of nitrogens with one attached hydrogen (secondary N) is 1. The lowest BCUT2D eigenvalue weighted by atomic mass is 10.2. The molecule has 0 aliphatic heterocycles. The summed E-state index contributed by atoms with van der Waals surface area (Å²) < 4.78 is 27.6. The number of nitrogens with zero attached hydrogens (tertiary/aromatic N) is 2. The van der Waals surface area contributed by atoms with E-state index in [0.29, 0.717) is 12.2 Å². The second-order valence-electron chi connectivity index (χ2n) is 5.54. The number of benzene rings is 2. The van der Waals surface area contributed by atoms with Gasteiger partial charge in [-0.3, -0.25) is 9.78 Å². The number of amides is 1. The van der Waals surface area contributed by atoms with Crippen LogP contribution in [-0.4, -0.2) is 17.4 Å². The van der Waals surface area contributed by atoms with E-state index in [1.165, 1.54) is 18.3 Å². The van der Waals surface area contributed by atoms with Crippen molar-refractivity contribution in [1.29, 1.82) is 0 Å². The number of para-hydroxylation sites is 2. The van der Waals surface area contributed by atoms with E-state index in [4.69, 9.17) is 0 Å². The minimum Gasteiger partial charge on any atom is -0.351 e. The van der Waals surface area contributed by atoms with Crippen LogP contribution in [0, 0.1) is 11.6 Å². The first kappa shape index (κ1) is 17.5. The molecule has 1 N–H and O–H groups in total. The van der Waals surface area contributed by atoms with Crippen molar-refractivity contribution >= 4 is 23.0 Å². The van der Waals surface area contributed by atoms with Crippen LogP contribution in [0.2, 0.25) is 0 Å². The molecule has 1 amide bonds. The zero-order chi connectivity index (χ0) is 18.5. The first-order valence-corrected chi connectivity index (χ1v) is 8.14. The monoisotopic (exact) mass is 353 g/mol. The summed E-state index contributed by atoms with van der Waals surface area (Å²) in [5.41, 5.74) is 1.03. The van der Waals surface area contributed by atoms with Gasteiger partial charge in [-0.25, -0.2) is 8.78 Å². The molecule has 4 nitrogen and oxygen atoms in total. The van der Waals surface area contributed by atoms with Gasteiger partial charge in [-0.05, 0) is 43.3 Å². The molecule has 1 aromatic heterocycles. The third-order valence-corrected chi connectivity index (χ3v) is 3.84. The van der Waals surface area contributed by atoms with Crippen LogP contribution < -0.4 is 10.2 Å². The lowest BCUT2D eigenvalue weighted by molar-refractivity contribution is 0.0983. The molecule has 2 aromatic carbocycles. The van der Waals surface area contributed by atoms with Crippen molar-refractivity contribution in [3.63, 3.8) is 0 Å². The average molecular weight is 353 g/mol. The van der Waals surface area contributed by atoms with E-state index in [1.807, 2.05) is 37.3 Å². The average Bonchev–Trinajstić information content (AvgIpc) is 2.66. The Morgan fingerprint density at radius 1 is 1.04 bits per heavy atom. The minimum absolute atomic E-state index is 0.178. The molecule has 0 saturated heterocycles. The number of hydrogen-bond acceptors (Lipinski definition) is 3. The van der Waals surface area contributed by atoms with E-state index in [0.717, 1.165) is 17.8 Å². The van der Waals surface area contributed by atoms with Gasteiger partial charge in [0.05, 0.1) is 0 Å². The molecule has 0 fully saturated rings. The number of rotatable bonds is 5. The topological polar surface area (TPSA) is 45.2 Å². The summed E-state index contributed by atoms with van der Waals surface area (Å²) in [5.74, 6) is -1.72. The van der Waals surface area contributed by atoms with Gasteiger partial charge in [0.15, 0.2) is 0 Å².